The van der Waals surface area contributed by atoms with Crippen LogP contribution in [0.4, 0.5) is 24.8 Å². The van der Waals surface area contributed by atoms with E-state index in [4.69, 9.17) is 5.73 Å². The zero-order chi connectivity index (χ0) is 14.0. The van der Waals surface area contributed by atoms with Crippen LogP contribution in [0.1, 0.15) is 38.4 Å². The van der Waals surface area contributed by atoms with Gasteiger partial charge in [0.25, 0.3) is 0 Å². The van der Waals surface area contributed by atoms with E-state index in [1.54, 1.807) is 0 Å². The third-order valence-corrected chi connectivity index (χ3v) is 3.37. The maximum Gasteiger partial charge on any atom is 0.451 e. The summed E-state index contributed by atoms with van der Waals surface area (Å²) >= 11 is 0. The summed E-state index contributed by atoms with van der Waals surface area (Å²) in [6.07, 6.45) is -0.555. The van der Waals surface area contributed by atoms with Crippen molar-refractivity contribution >= 4 is 11.6 Å². The van der Waals surface area contributed by atoms with E-state index in [1.165, 1.54) is 6.07 Å². The topological polar surface area (TPSA) is 63.8 Å². The Morgan fingerprint density at radius 2 is 1.84 bits per heavy atom. The highest BCUT2D eigenvalue weighted by atomic mass is 19.4. The van der Waals surface area contributed by atoms with Gasteiger partial charge in [0.15, 0.2) is 0 Å². The van der Waals surface area contributed by atoms with Crippen molar-refractivity contribution < 1.29 is 13.2 Å². The molecule has 0 atom stereocenters. The zero-order valence-corrected chi connectivity index (χ0v) is 10.7. The summed E-state index contributed by atoms with van der Waals surface area (Å²) in [5, 5.41) is 3.02. The Balaban J connectivity index is 2.10. The normalized spacial score (nSPS) is 24.2. The number of aromatic nitrogens is 2. The van der Waals surface area contributed by atoms with Crippen LogP contribution in [0.25, 0.3) is 0 Å². The predicted molar refractivity (Wildman–Crippen MR) is 66.5 cm³/mol. The molecule has 3 N–H and O–H groups in total. The fourth-order valence-corrected chi connectivity index (χ4v) is 2.28. The molecular weight excluding hydrogens is 257 g/mol. The summed E-state index contributed by atoms with van der Waals surface area (Å²) in [4.78, 5) is 6.70. The van der Waals surface area contributed by atoms with Crippen LogP contribution >= 0.6 is 0 Å². The van der Waals surface area contributed by atoms with Crippen LogP contribution in [0.15, 0.2) is 6.07 Å². The maximum absolute atomic E-state index is 12.6. The molecule has 0 unspecified atom stereocenters. The summed E-state index contributed by atoms with van der Waals surface area (Å²) in [7, 11) is 0. The second-order valence-corrected chi connectivity index (χ2v) is 5.10. The molecule has 0 aromatic carbocycles. The number of hydrogen-bond acceptors (Lipinski definition) is 4. The molecule has 19 heavy (non-hydrogen) atoms. The van der Waals surface area contributed by atoms with E-state index >= 15 is 0 Å². The lowest BCUT2D eigenvalue weighted by Gasteiger charge is -2.27. The first-order valence-corrected chi connectivity index (χ1v) is 6.33. The molecule has 0 bridgehead atoms. The molecule has 1 heterocycles. The molecule has 0 amide bonds. The minimum atomic E-state index is -4.58. The fraction of sp³-hybridized carbons (Fsp3) is 0.667. The molecule has 1 fully saturated rings. The van der Waals surface area contributed by atoms with Gasteiger partial charge >= 0.3 is 6.18 Å². The van der Waals surface area contributed by atoms with E-state index in [0.717, 1.165) is 25.7 Å². The van der Waals surface area contributed by atoms with Gasteiger partial charge in [-0.05, 0) is 31.6 Å². The van der Waals surface area contributed by atoms with Crippen LogP contribution in [-0.2, 0) is 6.18 Å². The second kappa shape index (κ2) is 5.22. The van der Waals surface area contributed by atoms with E-state index < -0.39 is 12.0 Å². The molecule has 1 aromatic heterocycles. The van der Waals surface area contributed by atoms with Crippen molar-refractivity contribution in [2.45, 2.75) is 44.8 Å². The van der Waals surface area contributed by atoms with Crippen molar-refractivity contribution in [3.63, 3.8) is 0 Å². The van der Waals surface area contributed by atoms with Gasteiger partial charge in [-0.15, -0.1) is 0 Å². The standard InChI is InChI=1S/C12H17F3N4/c1-7-2-4-8(5-3-7)17-10-6-9(16)18-11(19-10)12(13,14)15/h6-8H,2-5H2,1H3,(H3,16,17,18,19). The first-order valence-electron chi connectivity index (χ1n) is 6.33. The van der Waals surface area contributed by atoms with Crippen LogP contribution < -0.4 is 11.1 Å². The third kappa shape index (κ3) is 3.71. The number of nitrogens with one attached hydrogen (secondary N) is 1. The van der Waals surface area contributed by atoms with E-state index in [2.05, 4.69) is 22.2 Å². The summed E-state index contributed by atoms with van der Waals surface area (Å²) in [6.45, 7) is 2.18. The Morgan fingerprint density at radius 3 is 2.42 bits per heavy atom. The first-order chi connectivity index (χ1) is 8.84. The average molecular weight is 274 g/mol. The van der Waals surface area contributed by atoms with Crippen LogP contribution in [0.2, 0.25) is 0 Å². The second-order valence-electron chi connectivity index (χ2n) is 5.10. The molecule has 1 aromatic rings. The fourth-order valence-electron chi connectivity index (χ4n) is 2.28. The lowest BCUT2D eigenvalue weighted by molar-refractivity contribution is -0.144. The highest BCUT2D eigenvalue weighted by molar-refractivity contribution is 5.45. The minimum absolute atomic E-state index is 0.152. The molecule has 2 rings (SSSR count). The van der Waals surface area contributed by atoms with Crippen LogP contribution in [0, 0.1) is 5.92 Å². The van der Waals surface area contributed by atoms with Crippen molar-refractivity contribution in [3.8, 4) is 0 Å². The van der Waals surface area contributed by atoms with E-state index in [1.807, 2.05) is 0 Å². The number of hydrogen-bond donors (Lipinski definition) is 2. The SMILES string of the molecule is CC1CCC(Nc2cc(N)nc(C(F)(F)F)n2)CC1. The van der Waals surface area contributed by atoms with Gasteiger partial charge in [0.05, 0.1) is 0 Å². The van der Waals surface area contributed by atoms with Crippen molar-refractivity contribution in [1.29, 1.82) is 0 Å². The van der Waals surface area contributed by atoms with Crippen LogP contribution in [0.3, 0.4) is 0 Å². The number of anilines is 2. The van der Waals surface area contributed by atoms with Gasteiger partial charge in [-0.25, -0.2) is 9.97 Å². The van der Waals surface area contributed by atoms with Gasteiger partial charge in [-0.1, -0.05) is 6.92 Å². The van der Waals surface area contributed by atoms with Crippen LogP contribution in [-0.4, -0.2) is 16.0 Å². The molecule has 4 nitrogen and oxygen atoms in total. The van der Waals surface area contributed by atoms with E-state index in [0.29, 0.717) is 5.92 Å². The summed E-state index contributed by atoms with van der Waals surface area (Å²) in [5.41, 5.74) is 5.39. The lowest BCUT2D eigenvalue weighted by atomic mass is 9.87. The smallest absolute Gasteiger partial charge is 0.384 e. The predicted octanol–water partition coefficient (Wildman–Crippen LogP) is 3.07. The van der Waals surface area contributed by atoms with Crippen LogP contribution in [0.5, 0.6) is 0 Å². The molecule has 0 radical (unpaired) electrons. The van der Waals surface area contributed by atoms with Gasteiger partial charge in [-0.2, -0.15) is 13.2 Å². The van der Waals surface area contributed by atoms with E-state index in [9.17, 15) is 13.2 Å². The molecule has 1 saturated carbocycles. The van der Waals surface area contributed by atoms with Crippen molar-refractivity contribution in [3.05, 3.63) is 11.9 Å². The monoisotopic (exact) mass is 274 g/mol. The quantitative estimate of drug-likeness (QED) is 0.870. The number of nitrogens with zero attached hydrogens (tertiary/aromatic N) is 2. The molecule has 0 saturated heterocycles. The molecular formula is C12H17F3N4. The van der Waals surface area contributed by atoms with Gasteiger partial charge in [0.2, 0.25) is 5.82 Å². The number of nitrogen functional groups attached to an aromatic ring is 1. The van der Waals surface area contributed by atoms with Crippen molar-refractivity contribution in [2.75, 3.05) is 11.1 Å². The average Bonchev–Trinajstić information content (AvgIpc) is 2.30. The lowest BCUT2D eigenvalue weighted by Crippen LogP contribution is -2.26. The molecule has 1 aliphatic carbocycles. The van der Waals surface area contributed by atoms with Gasteiger partial charge in [-0.3, -0.25) is 0 Å². The number of halogens is 3. The number of rotatable bonds is 2. The maximum atomic E-state index is 12.6. The first kappa shape index (κ1) is 13.9. The summed E-state index contributed by atoms with van der Waals surface area (Å²) < 4.78 is 37.7. The minimum Gasteiger partial charge on any atom is -0.384 e. The van der Waals surface area contributed by atoms with E-state index in [-0.39, 0.29) is 17.7 Å². The van der Waals surface area contributed by atoms with Gasteiger partial charge in [0, 0.05) is 12.1 Å². The highest BCUT2D eigenvalue weighted by Crippen LogP contribution is 2.29. The molecule has 7 heteroatoms. The Bertz CT molecular complexity index is 439. The molecule has 106 valence electrons. The Labute approximate surface area is 109 Å². The number of alkyl halides is 3. The Kier molecular flexibility index (Phi) is 3.82. The number of nitrogens with two attached hydrogens (primary N) is 1. The van der Waals surface area contributed by atoms with Gasteiger partial charge < -0.3 is 11.1 Å². The highest BCUT2D eigenvalue weighted by Gasteiger charge is 2.35. The molecule has 1 aliphatic rings. The van der Waals surface area contributed by atoms with Crippen molar-refractivity contribution in [1.82, 2.24) is 9.97 Å². The summed E-state index contributed by atoms with van der Waals surface area (Å²) in [5.74, 6) is -0.535. The Morgan fingerprint density at radius 1 is 1.21 bits per heavy atom. The van der Waals surface area contributed by atoms with Crippen molar-refractivity contribution in [2.24, 2.45) is 5.92 Å². The summed E-state index contributed by atoms with van der Waals surface area (Å²) in [6, 6.07) is 1.50. The Hall–Kier alpha value is -1.53. The molecule has 0 spiro atoms. The largest absolute Gasteiger partial charge is 0.451 e. The molecule has 0 aliphatic heterocycles. The third-order valence-electron chi connectivity index (χ3n) is 3.37. The zero-order valence-electron chi connectivity index (χ0n) is 10.7. The van der Waals surface area contributed by atoms with Gasteiger partial charge in [0.1, 0.15) is 11.6 Å².